The summed E-state index contributed by atoms with van der Waals surface area (Å²) in [5.74, 6) is -0.615. The number of sulfonamides is 1. The second-order valence-corrected chi connectivity index (χ2v) is 8.01. The van der Waals surface area contributed by atoms with Crippen LogP contribution >= 0.6 is 11.6 Å². The van der Waals surface area contributed by atoms with E-state index in [1.165, 1.54) is 17.0 Å². The van der Waals surface area contributed by atoms with Crippen LogP contribution in [0.4, 0.5) is 11.4 Å². The molecule has 0 aliphatic carbocycles. The SMILES string of the molecule is CN1C(=O)Cc2cc(S(=O)(=O)NCC(=O)Nc3cccc(Cl)c3)ccc21. The highest BCUT2D eigenvalue weighted by Gasteiger charge is 2.26. The van der Waals surface area contributed by atoms with E-state index in [9.17, 15) is 18.0 Å². The normalized spacial score (nSPS) is 13.6. The molecular weight excluding hydrogens is 378 g/mol. The highest BCUT2D eigenvalue weighted by molar-refractivity contribution is 7.89. The van der Waals surface area contributed by atoms with Crippen LogP contribution in [0.2, 0.25) is 5.02 Å². The topological polar surface area (TPSA) is 95.6 Å². The van der Waals surface area contributed by atoms with Crippen LogP contribution < -0.4 is 14.9 Å². The van der Waals surface area contributed by atoms with Gasteiger partial charge in [0.15, 0.2) is 0 Å². The van der Waals surface area contributed by atoms with Gasteiger partial charge in [-0.15, -0.1) is 0 Å². The molecule has 2 aromatic carbocycles. The summed E-state index contributed by atoms with van der Waals surface area (Å²) in [5, 5.41) is 3.02. The van der Waals surface area contributed by atoms with Crippen molar-refractivity contribution in [2.75, 3.05) is 23.8 Å². The van der Waals surface area contributed by atoms with Crippen LogP contribution in [-0.4, -0.2) is 33.8 Å². The van der Waals surface area contributed by atoms with E-state index in [0.717, 1.165) is 0 Å². The van der Waals surface area contributed by atoms with E-state index in [0.29, 0.717) is 22.0 Å². The number of halogens is 1. The Kier molecular flexibility index (Phi) is 4.99. The van der Waals surface area contributed by atoms with Gasteiger partial charge in [-0.25, -0.2) is 13.1 Å². The molecule has 0 unspecified atom stereocenters. The third-order valence-corrected chi connectivity index (χ3v) is 5.60. The maximum atomic E-state index is 12.4. The van der Waals surface area contributed by atoms with Crippen LogP contribution in [0.15, 0.2) is 47.4 Å². The number of amides is 2. The third kappa shape index (κ3) is 3.87. The monoisotopic (exact) mass is 393 g/mol. The second kappa shape index (κ2) is 7.06. The fourth-order valence-electron chi connectivity index (χ4n) is 2.63. The van der Waals surface area contributed by atoms with Crippen molar-refractivity contribution in [3.63, 3.8) is 0 Å². The van der Waals surface area contributed by atoms with Gasteiger partial charge in [0.05, 0.1) is 17.9 Å². The zero-order chi connectivity index (χ0) is 18.9. The van der Waals surface area contributed by atoms with Crippen molar-refractivity contribution in [1.29, 1.82) is 0 Å². The van der Waals surface area contributed by atoms with Gasteiger partial charge in [0.1, 0.15) is 0 Å². The van der Waals surface area contributed by atoms with Gasteiger partial charge in [-0.2, -0.15) is 0 Å². The Hall–Kier alpha value is -2.42. The summed E-state index contributed by atoms with van der Waals surface area (Å²) in [6.45, 7) is -0.426. The zero-order valence-corrected chi connectivity index (χ0v) is 15.4. The van der Waals surface area contributed by atoms with Gasteiger partial charge in [0, 0.05) is 23.4 Å². The zero-order valence-electron chi connectivity index (χ0n) is 13.8. The van der Waals surface area contributed by atoms with Crippen molar-refractivity contribution in [1.82, 2.24) is 4.72 Å². The molecule has 0 spiro atoms. The Bertz CT molecular complexity index is 991. The molecule has 7 nitrogen and oxygen atoms in total. The van der Waals surface area contributed by atoms with E-state index in [1.54, 1.807) is 37.4 Å². The van der Waals surface area contributed by atoms with E-state index in [1.807, 2.05) is 0 Å². The molecule has 0 saturated heterocycles. The minimum atomic E-state index is -3.88. The molecule has 2 amide bonds. The van der Waals surface area contributed by atoms with Gasteiger partial charge in [-0.3, -0.25) is 9.59 Å². The Balaban J connectivity index is 1.67. The molecule has 1 heterocycles. The van der Waals surface area contributed by atoms with E-state index < -0.39 is 22.5 Å². The molecule has 0 aromatic heterocycles. The summed E-state index contributed by atoms with van der Waals surface area (Å²) < 4.78 is 27.0. The number of rotatable bonds is 5. The number of nitrogens with zero attached hydrogens (tertiary/aromatic N) is 1. The Morgan fingerprint density at radius 3 is 2.73 bits per heavy atom. The van der Waals surface area contributed by atoms with Gasteiger partial charge in [-0.05, 0) is 42.0 Å². The summed E-state index contributed by atoms with van der Waals surface area (Å²) in [7, 11) is -2.24. The quantitative estimate of drug-likeness (QED) is 0.809. The first-order valence-electron chi connectivity index (χ1n) is 7.71. The van der Waals surface area contributed by atoms with Crippen LogP contribution in [-0.2, 0) is 26.0 Å². The maximum absolute atomic E-state index is 12.4. The molecule has 0 atom stereocenters. The van der Waals surface area contributed by atoms with Crippen molar-refractivity contribution in [3.8, 4) is 0 Å². The highest BCUT2D eigenvalue weighted by atomic mass is 35.5. The second-order valence-electron chi connectivity index (χ2n) is 5.80. The maximum Gasteiger partial charge on any atom is 0.241 e. The number of hydrogen-bond acceptors (Lipinski definition) is 4. The van der Waals surface area contributed by atoms with Crippen molar-refractivity contribution < 1.29 is 18.0 Å². The standard InChI is InChI=1S/C17H16ClN3O4S/c1-21-15-6-5-14(7-11(15)8-17(21)23)26(24,25)19-10-16(22)20-13-4-2-3-12(18)9-13/h2-7,9,19H,8,10H2,1H3,(H,20,22). The van der Waals surface area contributed by atoms with Crippen LogP contribution in [0.5, 0.6) is 0 Å². The fraction of sp³-hybridized carbons (Fsp3) is 0.176. The molecule has 0 bridgehead atoms. The molecule has 3 rings (SSSR count). The number of nitrogens with one attached hydrogen (secondary N) is 2. The number of benzene rings is 2. The van der Waals surface area contributed by atoms with Crippen LogP contribution in [0, 0.1) is 0 Å². The lowest BCUT2D eigenvalue weighted by molar-refractivity contribution is -0.117. The van der Waals surface area contributed by atoms with Crippen LogP contribution in [0.25, 0.3) is 0 Å². The average Bonchev–Trinajstić information content (AvgIpc) is 2.87. The van der Waals surface area contributed by atoms with Gasteiger partial charge >= 0.3 is 0 Å². The first-order valence-corrected chi connectivity index (χ1v) is 9.57. The van der Waals surface area contributed by atoms with E-state index in [-0.39, 0.29) is 17.2 Å². The van der Waals surface area contributed by atoms with E-state index >= 15 is 0 Å². The number of carbonyl (C=O) groups is 2. The summed E-state index contributed by atoms with van der Waals surface area (Å²) in [6, 6.07) is 11.0. The van der Waals surface area contributed by atoms with Crippen LogP contribution in [0.3, 0.4) is 0 Å². The lowest BCUT2D eigenvalue weighted by Crippen LogP contribution is -2.33. The number of carbonyl (C=O) groups excluding carboxylic acids is 2. The lowest BCUT2D eigenvalue weighted by Gasteiger charge is -2.11. The largest absolute Gasteiger partial charge is 0.325 e. The van der Waals surface area contributed by atoms with E-state index in [2.05, 4.69) is 10.0 Å². The summed E-state index contributed by atoms with van der Waals surface area (Å²) >= 11 is 5.83. The molecule has 136 valence electrons. The minimum absolute atomic E-state index is 0.00917. The Morgan fingerprint density at radius 1 is 1.23 bits per heavy atom. The summed E-state index contributed by atoms with van der Waals surface area (Å²) in [5.41, 5.74) is 1.80. The molecule has 0 fully saturated rings. The van der Waals surface area contributed by atoms with Crippen molar-refractivity contribution in [2.45, 2.75) is 11.3 Å². The van der Waals surface area contributed by atoms with Gasteiger partial charge in [0.2, 0.25) is 21.8 Å². The first-order chi connectivity index (χ1) is 12.3. The predicted octanol–water partition coefficient (Wildman–Crippen LogP) is 1.78. The molecule has 26 heavy (non-hydrogen) atoms. The van der Waals surface area contributed by atoms with Gasteiger partial charge in [0.25, 0.3) is 0 Å². The smallest absolute Gasteiger partial charge is 0.241 e. The van der Waals surface area contributed by atoms with Crippen molar-refractivity contribution in [3.05, 3.63) is 53.1 Å². The molecule has 2 aromatic rings. The average molecular weight is 394 g/mol. The number of anilines is 2. The predicted molar refractivity (Wildman–Crippen MR) is 98.8 cm³/mol. The molecule has 0 saturated carbocycles. The molecular formula is C17H16ClN3O4S. The van der Waals surface area contributed by atoms with Crippen molar-refractivity contribution >= 4 is 44.8 Å². The number of likely N-dealkylation sites (N-methyl/N-ethyl adjacent to an activating group) is 1. The minimum Gasteiger partial charge on any atom is -0.325 e. The summed E-state index contributed by atoms with van der Waals surface area (Å²) in [4.78, 5) is 25.1. The van der Waals surface area contributed by atoms with Gasteiger partial charge < -0.3 is 10.2 Å². The third-order valence-electron chi connectivity index (χ3n) is 3.97. The highest BCUT2D eigenvalue weighted by Crippen LogP contribution is 2.29. The number of fused-ring (bicyclic) bond motifs is 1. The molecule has 9 heteroatoms. The van der Waals surface area contributed by atoms with E-state index in [4.69, 9.17) is 11.6 Å². The molecule has 1 aliphatic rings. The molecule has 1 aliphatic heterocycles. The summed E-state index contributed by atoms with van der Waals surface area (Å²) in [6.07, 6.45) is 0.157. The number of hydrogen-bond donors (Lipinski definition) is 2. The Labute approximate surface area is 156 Å². The first kappa shape index (κ1) is 18.4. The molecule has 0 radical (unpaired) electrons. The Morgan fingerprint density at radius 2 is 2.00 bits per heavy atom. The molecule has 2 N–H and O–H groups in total. The van der Waals surface area contributed by atoms with Gasteiger partial charge in [-0.1, -0.05) is 17.7 Å². The fourth-order valence-corrected chi connectivity index (χ4v) is 3.85. The lowest BCUT2D eigenvalue weighted by atomic mass is 10.2. The van der Waals surface area contributed by atoms with Crippen molar-refractivity contribution in [2.24, 2.45) is 0 Å². The van der Waals surface area contributed by atoms with Crippen LogP contribution in [0.1, 0.15) is 5.56 Å².